The van der Waals surface area contributed by atoms with Gasteiger partial charge in [0, 0.05) is 24.2 Å². The molecule has 1 amide bonds. The summed E-state index contributed by atoms with van der Waals surface area (Å²) in [4.78, 5) is 30.5. The quantitative estimate of drug-likeness (QED) is 0.392. The predicted octanol–water partition coefficient (Wildman–Crippen LogP) is 4.73. The van der Waals surface area contributed by atoms with E-state index in [9.17, 15) is 14.0 Å². The summed E-state index contributed by atoms with van der Waals surface area (Å²) >= 11 is 0. The summed E-state index contributed by atoms with van der Waals surface area (Å²) in [6.45, 7) is 1.89. The molecule has 7 nitrogen and oxygen atoms in total. The number of benzene rings is 3. The van der Waals surface area contributed by atoms with Crippen molar-refractivity contribution in [2.45, 2.75) is 19.9 Å². The SMILES string of the molecule is Cc1nc2c(cnn2-c2ccc(F)cc2)c(=O)n1CCC(=O)Nc1ccccc1-c1ccccc1. The van der Waals surface area contributed by atoms with Crippen LogP contribution < -0.4 is 10.9 Å². The van der Waals surface area contributed by atoms with Crippen molar-refractivity contribution in [2.75, 3.05) is 5.32 Å². The normalized spacial score (nSPS) is 11.0. The van der Waals surface area contributed by atoms with Crippen molar-refractivity contribution in [3.63, 3.8) is 0 Å². The summed E-state index contributed by atoms with van der Waals surface area (Å²) in [5.74, 6) is -0.105. The van der Waals surface area contributed by atoms with Gasteiger partial charge in [0.1, 0.15) is 17.0 Å². The number of halogens is 1. The molecule has 0 spiro atoms. The van der Waals surface area contributed by atoms with Gasteiger partial charge in [0.15, 0.2) is 5.65 Å². The Bertz CT molecular complexity index is 1570. The lowest BCUT2D eigenvalue weighted by molar-refractivity contribution is -0.116. The lowest BCUT2D eigenvalue weighted by Gasteiger charge is -2.13. The van der Waals surface area contributed by atoms with Crippen LogP contribution in [0.3, 0.4) is 0 Å². The van der Waals surface area contributed by atoms with Crippen LogP contribution in [0.4, 0.5) is 10.1 Å². The molecule has 0 bridgehead atoms. The third-order valence-corrected chi connectivity index (χ3v) is 5.80. The van der Waals surface area contributed by atoms with Crippen LogP contribution in [-0.2, 0) is 11.3 Å². The molecule has 0 saturated carbocycles. The molecular formula is C27H22FN5O2. The number of aryl methyl sites for hydroxylation is 1. The summed E-state index contributed by atoms with van der Waals surface area (Å²) in [6.07, 6.45) is 1.54. The predicted molar refractivity (Wildman–Crippen MR) is 133 cm³/mol. The first-order valence-corrected chi connectivity index (χ1v) is 11.2. The standard InChI is InChI=1S/C27H22FN5O2/c1-18-30-26-23(17-29-33(26)21-13-11-20(28)12-14-21)27(35)32(18)16-15-25(34)31-24-10-6-5-9-22(24)19-7-3-2-4-8-19/h2-14,17H,15-16H2,1H3,(H,31,34). The van der Waals surface area contributed by atoms with Crippen molar-refractivity contribution >= 4 is 22.6 Å². The number of fused-ring (bicyclic) bond motifs is 1. The molecule has 0 radical (unpaired) electrons. The van der Waals surface area contributed by atoms with Gasteiger partial charge in [-0.05, 0) is 42.8 Å². The smallest absolute Gasteiger partial charge is 0.264 e. The minimum absolute atomic E-state index is 0.100. The third kappa shape index (κ3) is 4.46. The number of rotatable bonds is 6. The largest absolute Gasteiger partial charge is 0.325 e. The first-order valence-electron chi connectivity index (χ1n) is 11.2. The van der Waals surface area contributed by atoms with E-state index in [2.05, 4.69) is 15.4 Å². The van der Waals surface area contributed by atoms with Gasteiger partial charge in [-0.25, -0.2) is 14.1 Å². The lowest BCUT2D eigenvalue weighted by atomic mass is 10.0. The molecule has 174 valence electrons. The van der Waals surface area contributed by atoms with Crippen molar-refractivity contribution < 1.29 is 9.18 Å². The second-order valence-corrected chi connectivity index (χ2v) is 8.10. The molecule has 0 atom stereocenters. The second kappa shape index (κ2) is 9.34. The van der Waals surface area contributed by atoms with Crippen molar-refractivity contribution in [3.8, 4) is 16.8 Å². The second-order valence-electron chi connectivity index (χ2n) is 8.10. The van der Waals surface area contributed by atoms with E-state index in [1.54, 1.807) is 19.1 Å². The topological polar surface area (TPSA) is 81.8 Å². The molecule has 8 heteroatoms. The van der Waals surface area contributed by atoms with Gasteiger partial charge in [0.2, 0.25) is 5.91 Å². The van der Waals surface area contributed by atoms with Gasteiger partial charge >= 0.3 is 0 Å². The van der Waals surface area contributed by atoms with Crippen LogP contribution in [0.5, 0.6) is 0 Å². The monoisotopic (exact) mass is 467 g/mol. The van der Waals surface area contributed by atoms with E-state index in [0.717, 1.165) is 11.1 Å². The van der Waals surface area contributed by atoms with Crippen LogP contribution in [0.15, 0.2) is 89.9 Å². The minimum Gasteiger partial charge on any atom is -0.325 e. The zero-order valence-corrected chi connectivity index (χ0v) is 19.0. The van der Waals surface area contributed by atoms with Crippen LogP contribution in [0.25, 0.3) is 27.8 Å². The Labute approximate surface area is 200 Å². The molecule has 0 aliphatic carbocycles. The van der Waals surface area contributed by atoms with Crippen LogP contribution in [0.1, 0.15) is 12.2 Å². The average molecular weight is 468 g/mol. The summed E-state index contributed by atoms with van der Waals surface area (Å²) in [7, 11) is 0. The van der Waals surface area contributed by atoms with Crippen molar-refractivity contribution in [1.82, 2.24) is 19.3 Å². The number of hydrogen-bond acceptors (Lipinski definition) is 4. The Hall–Kier alpha value is -4.59. The fraction of sp³-hybridized carbons (Fsp3) is 0.111. The molecule has 5 rings (SSSR count). The van der Waals surface area contributed by atoms with Crippen LogP contribution in [-0.4, -0.2) is 25.2 Å². The Morgan fingerprint density at radius 1 is 0.971 bits per heavy atom. The van der Waals surface area contributed by atoms with E-state index in [1.165, 1.54) is 27.6 Å². The number of anilines is 1. The molecule has 3 aromatic carbocycles. The van der Waals surface area contributed by atoms with E-state index >= 15 is 0 Å². The molecule has 0 saturated heterocycles. The van der Waals surface area contributed by atoms with Gasteiger partial charge in [-0.2, -0.15) is 5.10 Å². The first-order chi connectivity index (χ1) is 17.0. The van der Waals surface area contributed by atoms with Crippen LogP contribution >= 0.6 is 0 Å². The molecule has 0 unspecified atom stereocenters. The Morgan fingerprint density at radius 3 is 2.46 bits per heavy atom. The van der Waals surface area contributed by atoms with Gasteiger partial charge in [0.05, 0.1) is 11.9 Å². The number of hydrogen-bond donors (Lipinski definition) is 1. The van der Waals surface area contributed by atoms with Gasteiger partial charge in [-0.15, -0.1) is 0 Å². The average Bonchev–Trinajstić information content (AvgIpc) is 3.29. The van der Waals surface area contributed by atoms with E-state index in [0.29, 0.717) is 28.2 Å². The minimum atomic E-state index is -0.360. The summed E-state index contributed by atoms with van der Waals surface area (Å²) < 4.78 is 16.3. The maximum atomic E-state index is 13.3. The highest BCUT2D eigenvalue weighted by molar-refractivity contribution is 5.95. The van der Waals surface area contributed by atoms with Crippen molar-refractivity contribution in [3.05, 3.63) is 107 Å². The highest BCUT2D eigenvalue weighted by atomic mass is 19.1. The summed E-state index contributed by atoms with van der Waals surface area (Å²) in [6, 6.07) is 23.2. The number of para-hydroxylation sites is 1. The summed E-state index contributed by atoms with van der Waals surface area (Å²) in [5.41, 5.74) is 3.34. The number of amides is 1. The molecule has 0 aliphatic rings. The lowest BCUT2D eigenvalue weighted by Crippen LogP contribution is -2.26. The number of aromatic nitrogens is 4. The van der Waals surface area contributed by atoms with Crippen molar-refractivity contribution in [2.24, 2.45) is 0 Å². The Balaban J connectivity index is 1.36. The van der Waals surface area contributed by atoms with Gasteiger partial charge in [0.25, 0.3) is 5.56 Å². The molecule has 35 heavy (non-hydrogen) atoms. The number of nitrogens with one attached hydrogen (secondary N) is 1. The molecule has 2 aromatic heterocycles. The Morgan fingerprint density at radius 2 is 1.69 bits per heavy atom. The van der Waals surface area contributed by atoms with Gasteiger partial charge < -0.3 is 5.32 Å². The number of carbonyl (C=O) groups excluding carboxylic acids is 1. The molecule has 0 fully saturated rings. The van der Waals surface area contributed by atoms with E-state index in [1.807, 2.05) is 54.6 Å². The fourth-order valence-corrected chi connectivity index (χ4v) is 4.03. The maximum absolute atomic E-state index is 13.3. The first kappa shape index (κ1) is 22.2. The third-order valence-electron chi connectivity index (χ3n) is 5.80. The van der Waals surface area contributed by atoms with E-state index in [4.69, 9.17) is 0 Å². The van der Waals surface area contributed by atoms with Gasteiger partial charge in [-0.1, -0.05) is 48.5 Å². The summed E-state index contributed by atoms with van der Waals surface area (Å²) in [5, 5.41) is 7.56. The van der Waals surface area contributed by atoms with E-state index < -0.39 is 0 Å². The van der Waals surface area contributed by atoms with Crippen molar-refractivity contribution in [1.29, 1.82) is 0 Å². The zero-order valence-electron chi connectivity index (χ0n) is 19.0. The van der Waals surface area contributed by atoms with Crippen LogP contribution in [0, 0.1) is 12.7 Å². The highest BCUT2D eigenvalue weighted by Gasteiger charge is 2.15. The highest BCUT2D eigenvalue weighted by Crippen LogP contribution is 2.27. The molecule has 2 heterocycles. The van der Waals surface area contributed by atoms with Crippen LogP contribution in [0.2, 0.25) is 0 Å². The molecule has 1 N–H and O–H groups in total. The molecular weight excluding hydrogens is 445 g/mol. The zero-order chi connectivity index (χ0) is 24.4. The van der Waals surface area contributed by atoms with E-state index in [-0.39, 0.29) is 30.2 Å². The van der Waals surface area contributed by atoms with Gasteiger partial charge in [-0.3, -0.25) is 14.2 Å². The number of nitrogens with zero attached hydrogens (tertiary/aromatic N) is 4. The molecule has 0 aliphatic heterocycles. The molecule has 5 aromatic rings. The fourth-order valence-electron chi connectivity index (χ4n) is 4.03. The maximum Gasteiger partial charge on any atom is 0.264 e. The Kier molecular flexibility index (Phi) is 5.93. The number of carbonyl (C=O) groups is 1.